The summed E-state index contributed by atoms with van der Waals surface area (Å²) in [6.07, 6.45) is 8.23. The predicted octanol–water partition coefficient (Wildman–Crippen LogP) is 3.16. The highest BCUT2D eigenvalue weighted by atomic mass is 16.7. The Kier molecular flexibility index (Phi) is 9.53. The number of nitrogens with one attached hydrogen (secondary N) is 2. The van der Waals surface area contributed by atoms with E-state index in [0.717, 1.165) is 29.3 Å². The van der Waals surface area contributed by atoms with E-state index in [1.165, 1.54) is 25.7 Å². The molecule has 1 saturated heterocycles. The van der Waals surface area contributed by atoms with Gasteiger partial charge in [0.2, 0.25) is 5.91 Å². The van der Waals surface area contributed by atoms with Gasteiger partial charge in [-0.1, -0.05) is 57.2 Å². The smallest absolute Gasteiger partial charge is 0.240 e. The number of aliphatic hydroxyl groups is 2. The first-order valence-electron chi connectivity index (χ1n) is 12.1. The van der Waals surface area contributed by atoms with Crippen molar-refractivity contribution in [1.82, 2.24) is 15.4 Å². The first-order chi connectivity index (χ1) is 15.6. The third kappa shape index (κ3) is 6.10. The van der Waals surface area contributed by atoms with Crippen LogP contribution in [0.15, 0.2) is 30.5 Å². The Hall–Kier alpha value is -1.93. The summed E-state index contributed by atoms with van der Waals surface area (Å²) in [5.74, 6) is -0.610. The minimum absolute atomic E-state index is 0.155. The van der Waals surface area contributed by atoms with Crippen LogP contribution in [0.4, 0.5) is 0 Å². The van der Waals surface area contributed by atoms with Gasteiger partial charge in [0.1, 0.15) is 12.1 Å². The number of hydrogen-bond donors (Lipinski definition) is 4. The van der Waals surface area contributed by atoms with Gasteiger partial charge < -0.3 is 20.5 Å². The fourth-order valence-electron chi connectivity index (χ4n) is 4.67. The molecule has 32 heavy (non-hydrogen) atoms. The minimum atomic E-state index is -0.761. The fourth-order valence-corrected chi connectivity index (χ4v) is 4.67. The Morgan fingerprint density at radius 1 is 1.22 bits per heavy atom. The van der Waals surface area contributed by atoms with Crippen LogP contribution in [0.25, 0.3) is 10.9 Å². The first-order valence-corrected chi connectivity index (χ1v) is 12.1. The second kappa shape index (κ2) is 12.3. The standard InChI is InChI=1S/C25H39N3O4/c1-3-4-5-6-7-10-15-28-23(21(17-29)24(32-28)18(2)30)25(31)26-14-13-19-16-27-22-12-9-8-11-20(19)22/h8-9,11-12,16,18,21,23-24,27,29-30H,3-7,10,13-15,17H2,1-2H3,(H,26,31). The Morgan fingerprint density at radius 3 is 2.72 bits per heavy atom. The van der Waals surface area contributed by atoms with Gasteiger partial charge in [-0.2, -0.15) is 5.06 Å². The summed E-state index contributed by atoms with van der Waals surface area (Å²) in [6.45, 7) is 4.76. The number of hydroxylamine groups is 2. The summed E-state index contributed by atoms with van der Waals surface area (Å²) < 4.78 is 0. The summed E-state index contributed by atoms with van der Waals surface area (Å²) >= 11 is 0. The lowest BCUT2D eigenvalue weighted by atomic mass is 9.92. The Bertz CT molecular complexity index is 837. The molecule has 4 unspecified atom stereocenters. The summed E-state index contributed by atoms with van der Waals surface area (Å²) in [5, 5.41) is 26.0. The molecule has 2 aromatic rings. The van der Waals surface area contributed by atoms with Crippen molar-refractivity contribution in [3.05, 3.63) is 36.0 Å². The van der Waals surface area contributed by atoms with Crippen LogP contribution in [-0.4, -0.2) is 64.1 Å². The van der Waals surface area contributed by atoms with Gasteiger partial charge in [0.05, 0.1) is 12.7 Å². The minimum Gasteiger partial charge on any atom is -0.396 e. The van der Waals surface area contributed by atoms with Crippen LogP contribution in [-0.2, 0) is 16.1 Å². The number of H-pyrrole nitrogens is 1. The van der Waals surface area contributed by atoms with Crippen molar-refractivity contribution in [3.8, 4) is 0 Å². The van der Waals surface area contributed by atoms with Crippen LogP contribution in [0.2, 0.25) is 0 Å². The molecule has 2 heterocycles. The molecule has 0 aliphatic carbocycles. The molecule has 7 heteroatoms. The number of nitrogens with zero attached hydrogens (tertiary/aromatic N) is 1. The van der Waals surface area contributed by atoms with E-state index in [0.29, 0.717) is 19.5 Å². The molecule has 1 aromatic heterocycles. The molecule has 0 bridgehead atoms. The Labute approximate surface area is 191 Å². The zero-order chi connectivity index (χ0) is 22.9. The van der Waals surface area contributed by atoms with Crippen molar-refractivity contribution >= 4 is 16.8 Å². The number of carbonyl (C=O) groups is 1. The molecular weight excluding hydrogens is 406 g/mol. The van der Waals surface area contributed by atoms with Gasteiger partial charge in [-0.25, -0.2) is 0 Å². The van der Waals surface area contributed by atoms with E-state index < -0.39 is 24.2 Å². The van der Waals surface area contributed by atoms with Gasteiger partial charge in [-0.05, 0) is 31.4 Å². The number of hydrogen-bond acceptors (Lipinski definition) is 5. The molecular formula is C25H39N3O4. The molecule has 1 aliphatic rings. The first kappa shape index (κ1) is 24.7. The van der Waals surface area contributed by atoms with Crippen molar-refractivity contribution < 1.29 is 19.8 Å². The topological polar surface area (TPSA) is 97.8 Å². The van der Waals surface area contributed by atoms with Crippen LogP contribution in [0.5, 0.6) is 0 Å². The number of aromatic nitrogens is 1. The normalized spacial score (nSPS) is 22.4. The van der Waals surface area contributed by atoms with Crippen molar-refractivity contribution in [2.24, 2.45) is 5.92 Å². The monoisotopic (exact) mass is 445 g/mol. The average molecular weight is 446 g/mol. The van der Waals surface area contributed by atoms with E-state index in [1.807, 2.05) is 24.4 Å². The van der Waals surface area contributed by atoms with E-state index in [-0.39, 0.29) is 12.5 Å². The number of para-hydroxylation sites is 1. The summed E-state index contributed by atoms with van der Waals surface area (Å²) in [6, 6.07) is 7.52. The number of rotatable bonds is 13. The molecule has 4 N–H and O–H groups in total. The molecule has 1 amide bonds. The number of carbonyl (C=O) groups excluding carboxylic acids is 1. The highest BCUT2D eigenvalue weighted by Crippen LogP contribution is 2.30. The zero-order valence-corrected chi connectivity index (χ0v) is 19.4. The van der Waals surface area contributed by atoms with E-state index in [4.69, 9.17) is 4.84 Å². The number of aliphatic hydroxyl groups excluding tert-OH is 2. The second-order valence-electron chi connectivity index (χ2n) is 8.91. The predicted molar refractivity (Wildman–Crippen MR) is 126 cm³/mol. The molecule has 1 aromatic carbocycles. The number of amides is 1. The molecule has 4 atom stereocenters. The summed E-state index contributed by atoms with van der Waals surface area (Å²) in [5.41, 5.74) is 2.25. The largest absolute Gasteiger partial charge is 0.396 e. The van der Waals surface area contributed by atoms with E-state index in [1.54, 1.807) is 12.0 Å². The van der Waals surface area contributed by atoms with Crippen LogP contribution in [0, 0.1) is 5.92 Å². The quantitative estimate of drug-likeness (QED) is 0.355. The van der Waals surface area contributed by atoms with Gasteiger partial charge in [0.15, 0.2) is 0 Å². The van der Waals surface area contributed by atoms with Crippen molar-refractivity contribution in [1.29, 1.82) is 0 Å². The van der Waals surface area contributed by atoms with Crippen molar-refractivity contribution in [2.45, 2.75) is 77.0 Å². The summed E-state index contributed by atoms with van der Waals surface area (Å²) in [7, 11) is 0. The lowest BCUT2D eigenvalue weighted by Gasteiger charge is -2.24. The molecule has 0 spiro atoms. The number of aromatic amines is 1. The maximum absolute atomic E-state index is 13.1. The number of unbranched alkanes of at least 4 members (excludes halogenated alkanes) is 5. The van der Waals surface area contributed by atoms with Crippen LogP contribution in [0.1, 0.15) is 57.9 Å². The molecule has 7 nitrogen and oxygen atoms in total. The molecule has 1 aliphatic heterocycles. The second-order valence-corrected chi connectivity index (χ2v) is 8.91. The molecule has 1 fully saturated rings. The number of benzene rings is 1. The lowest BCUT2D eigenvalue weighted by molar-refractivity contribution is -0.187. The molecule has 0 saturated carbocycles. The van der Waals surface area contributed by atoms with E-state index in [9.17, 15) is 15.0 Å². The van der Waals surface area contributed by atoms with Crippen molar-refractivity contribution in [2.75, 3.05) is 19.7 Å². The fraction of sp³-hybridized carbons (Fsp3) is 0.640. The number of fused-ring (bicyclic) bond motifs is 1. The molecule has 0 radical (unpaired) electrons. The lowest BCUT2D eigenvalue weighted by Crippen LogP contribution is -2.48. The molecule has 178 valence electrons. The Balaban J connectivity index is 1.57. The maximum Gasteiger partial charge on any atom is 0.240 e. The third-order valence-corrected chi connectivity index (χ3v) is 6.45. The van der Waals surface area contributed by atoms with E-state index in [2.05, 4.69) is 23.3 Å². The average Bonchev–Trinajstić information content (AvgIpc) is 3.37. The van der Waals surface area contributed by atoms with Gasteiger partial charge >= 0.3 is 0 Å². The molecule has 3 rings (SSSR count). The van der Waals surface area contributed by atoms with Crippen LogP contribution >= 0.6 is 0 Å². The highest BCUT2D eigenvalue weighted by molar-refractivity contribution is 5.84. The van der Waals surface area contributed by atoms with Crippen molar-refractivity contribution in [3.63, 3.8) is 0 Å². The van der Waals surface area contributed by atoms with Gasteiger partial charge in [-0.3, -0.25) is 9.63 Å². The maximum atomic E-state index is 13.1. The summed E-state index contributed by atoms with van der Waals surface area (Å²) in [4.78, 5) is 22.3. The zero-order valence-electron chi connectivity index (χ0n) is 19.4. The Morgan fingerprint density at radius 2 is 1.97 bits per heavy atom. The van der Waals surface area contributed by atoms with E-state index >= 15 is 0 Å². The SMILES string of the molecule is CCCCCCCCN1OC(C(C)O)C(CO)C1C(=O)NCCc1c[nH]c2ccccc12. The van der Waals surface area contributed by atoms with Gasteiger partial charge in [0, 0.05) is 36.1 Å². The van der Waals surface area contributed by atoms with Gasteiger partial charge in [0.25, 0.3) is 0 Å². The van der Waals surface area contributed by atoms with Crippen LogP contribution < -0.4 is 5.32 Å². The van der Waals surface area contributed by atoms with Gasteiger partial charge in [-0.15, -0.1) is 0 Å². The highest BCUT2D eigenvalue weighted by Gasteiger charge is 2.48. The third-order valence-electron chi connectivity index (χ3n) is 6.45. The van der Waals surface area contributed by atoms with Crippen LogP contribution in [0.3, 0.4) is 0 Å².